The minimum Gasteiger partial charge on any atom is -0.496 e. The number of ether oxygens (including phenoxy) is 1. The highest BCUT2D eigenvalue weighted by Gasteiger charge is 2.11. The van der Waals surface area contributed by atoms with Crippen molar-refractivity contribution in [3.05, 3.63) is 29.3 Å². The fourth-order valence-corrected chi connectivity index (χ4v) is 2.02. The van der Waals surface area contributed by atoms with Gasteiger partial charge in [-0.25, -0.2) is 0 Å². The van der Waals surface area contributed by atoms with Crippen LogP contribution in [0.1, 0.15) is 44.2 Å². The summed E-state index contributed by atoms with van der Waals surface area (Å²) in [6.45, 7) is 7.36. The number of methoxy groups -OCH3 is 1. The normalized spacial score (nSPS) is 12.8. The first-order chi connectivity index (χ1) is 8.12. The molecule has 0 aromatic heterocycles. The van der Waals surface area contributed by atoms with Gasteiger partial charge in [-0.05, 0) is 42.0 Å². The number of nitrogens with two attached hydrogens (primary N) is 1. The second-order valence-electron chi connectivity index (χ2n) is 4.94. The lowest BCUT2D eigenvalue weighted by Crippen LogP contribution is -2.16. The quantitative estimate of drug-likeness (QED) is 0.820. The molecule has 0 radical (unpaired) electrons. The van der Waals surface area contributed by atoms with Crippen molar-refractivity contribution in [1.29, 1.82) is 0 Å². The predicted molar refractivity (Wildman–Crippen MR) is 73.6 cm³/mol. The van der Waals surface area contributed by atoms with E-state index in [9.17, 15) is 0 Å². The third-order valence-corrected chi connectivity index (χ3v) is 3.39. The first-order valence-electron chi connectivity index (χ1n) is 6.49. The van der Waals surface area contributed by atoms with Crippen molar-refractivity contribution in [2.45, 2.75) is 39.5 Å². The van der Waals surface area contributed by atoms with Crippen molar-refractivity contribution in [3.8, 4) is 5.75 Å². The molecule has 0 spiro atoms. The van der Waals surface area contributed by atoms with Crippen LogP contribution in [0, 0.1) is 5.92 Å². The summed E-state index contributed by atoms with van der Waals surface area (Å²) in [6.07, 6.45) is 2.13. The molecule has 0 amide bonds. The van der Waals surface area contributed by atoms with E-state index in [1.165, 1.54) is 11.1 Å². The standard InChI is InChI=1S/C15H25NO/c1-5-12(10-16)8-14-9-13(11(2)3)6-7-15(14)17-4/h6-7,9,11-12H,5,8,10,16H2,1-4H3. The van der Waals surface area contributed by atoms with Crippen LogP contribution in [-0.4, -0.2) is 13.7 Å². The fraction of sp³-hybridized carbons (Fsp3) is 0.600. The van der Waals surface area contributed by atoms with E-state index in [2.05, 4.69) is 39.0 Å². The van der Waals surface area contributed by atoms with Crippen molar-refractivity contribution in [1.82, 2.24) is 0 Å². The maximum Gasteiger partial charge on any atom is 0.122 e. The summed E-state index contributed by atoms with van der Waals surface area (Å²) in [5, 5.41) is 0. The smallest absolute Gasteiger partial charge is 0.122 e. The highest BCUT2D eigenvalue weighted by atomic mass is 16.5. The number of hydrogen-bond acceptors (Lipinski definition) is 2. The molecule has 1 aromatic carbocycles. The van der Waals surface area contributed by atoms with Crippen molar-refractivity contribution < 1.29 is 4.74 Å². The average molecular weight is 235 g/mol. The van der Waals surface area contributed by atoms with Gasteiger partial charge in [-0.3, -0.25) is 0 Å². The van der Waals surface area contributed by atoms with Gasteiger partial charge in [-0.1, -0.05) is 39.3 Å². The van der Waals surface area contributed by atoms with Crippen LogP contribution in [0.15, 0.2) is 18.2 Å². The zero-order chi connectivity index (χ0) is 12.8. The molecule has 0 aliphatic carbocycles. The van der Waals surface area contributed by atoms with E-state index in [1.807, 2.05) is 0 Å². The molecule has 1 rings (SSSR count). The molecule has 0 saturated heterocycles. The van der Waals surface area contributed by atoms with E-state index in [4.69, 9.17) is 10.5 Å². The summed E-state index contributed by atoms with van der Waals surface area (Å²) in [5.74, 6) is 2.09. The van der Waals surface area contributed by atoms with Gasteiger partial charge >= 0.3 is 0 Å². The van der Waals surface area contributed by atoms with Gasteiger partial charge in [0.25, 0.3) is 0 Å². The van der Waals surface area contributed by atoms with Gasteiger partial charge in [0.15, 0.2) is 0 Å². The van der Waals surface area contributed by atoms with E-state index >= 15 is 0 Å². The Kier molecular flexibility index (Phi) is 5.49. The molecule has 1 unspecified atom stereocenters. The van der Waals surface area contributed by atoms with Crippen LogP contribution in [0.2, 0.25) is 0 Å². The van der Waals surface area contributed by atoms with Gasteiger partial charge in [0.2, 0.25) is 0 Å². The molecule has 96 valence electrons. The van der Waals surface area contributed by atoms with Crippen LogP contribution in [0.25, 0.3) is 0 Å². The van der Waals surface area contributed by atoms with Gasteiger partial charge in [0, 0.05) is 0 Å². The first kappa shape index (κ1) is 14.0. The van der Waals surface area contributed by atoms with Crippen LogP contribution in [0.3, 0.4) is 0 Å². The molecule has 2 N–H and O–H groups in total. The molecule has 0 aliphatic heterocycles. The predicted octanol–water partition coefficient (Wildman–Crippen LogP) is 3.35. The van der Waals surface area contributed by atoms with Crippen LogP contribution < -0.4 is 10.5 Å². The van der Waals surface area contributed by atoms with E-state index in [0.29, 0.717) is 11.8 Å². The summed E-state index contributed by atoms with van der Waals surface area (Å²) in [4.78, 5) is 0. The topological polar surface area (TPSA) is 35.2 Å². The zero-order valence-electron chi connectivity index (χ0n) is 11.5. The van der Waals surface area contributed by atoms with Crippen LogP contribution in [-0.2, 0) is 6.42 Å². The second-order valence-corrected chi connectivity index (χ2v) is 4.94. The minimum absolute atomic E-state index is 0.548. The van der Waals surface area contributed by atoms with Gasteiger partial charge in [-0.15, -0.1) is 0 Å². The fourth-order valence-electron chi connectivity index (χ4n) is 2.02. The highest BCUT2D eigenvalue weighted by Crippen LogP contribution is 2.26. The lowest BCUT2D eigenvalue weighted by atomic mass is 9.93. The van der Waals surface area contributed by atoms with Gasteiger partial charge in [0.1, 0.15) is 5.75 Å². The van der Waals surface area contributed by atoms with Crippen molar-refractivity contribution in [2.24, 2.45) is 11.7 Å². The van der Waals surface area contributed by atoms with Gasteiger partial charge in [-0.2, -0.15) is 0 Å². The lowest BCUT2D eigenvalue weighted by molar-refractivity contribution is 0.403. The van der Waals surface area contributed by atoms with E-state index in [1.54, 1.807) is 7.11 Å². The van der Waals surface area contributed by atoms with Gasteiger partial charge in [0.05, 0.1) is 7.11 Å². The van der Waals surface area contributed by atoms with Crippen molar-refractivity contribution in [2.75, 3.05) is 13.7 Å². The molecular formula is C15H25NO. The van der Waals surface area contributed by atoms with Gasteiger partial charge < -0.3 is 10.5 Å². The third kappa shape index (κ3) is 3.74. The molecule has 0 saturated carbocycles. The summed E-state index contributed by atoms with van der Waals surface area (Å²) in [7, 11) is 1.73. The third-order valence-electron chi connectivity index (χ3n) is 3.39. The number of hydrogen-bond donors (Lipinski definition) is 1. The summed E-state index contributed by atoms with van der Waals surface area (Å²) in [6, 6.07) is 6.49. The number of rotatable bonds is 6. The lowest BCUT2D eigenvalue weighted by Gasteiger charge is -2.17. The Labute approximate surface area is 105 Å². The maximum absolute atomic E-state index is 5.78. The average Bonchev–Trinajstić information content (AvgIpc) is 2.35. The molecule has 17 heavy (non-hydrogen) atoms. The van der Waals surface area contributed by atoms with Crippen LogP contribution in [0.5, 0.6) is 5.75 Å². The summed E-state index contributed by atoms with van der Waals surface area (Å²) in [5.41, 5.74) is 8.44. The zero-order valence-corrected chi connectivity index (χ0v) is 11.5. The molecule has 2 nitrogen and oxygen atoms in total. The molecule has 0 fully saturated rings. The van der Waals surface area contributed by atoms with Crippen LogP contribution in [0.4, 0.5) is 0 Å². The molecule has 1 aromatic rings. The van der Waals surface area contributed by atoms with Crippen molar-refractivity contribution in [3.63, 3.8) is 0 Å². The summed E-state index contributed by atoms with van der Waals surface area (Å²) >= 11 is 0. The van der Waals surface area contributed by atoms with Crippen molar-refractivity contribution >= 4 is 0 Å². The second kappa shape index (κ2) is 6.65. The van der Waals surface area contributed by atoms with Crippen LogP contribution >= 0.6 is 0 Å². The Balaban J connectivity index is 2.97. The monoisotopic (exact) mass is 235 g/mol. The largest absolute Gasteiger partial charge is 0.496 e. The maximum atomic E-state index is 5.78. The molecule has 0 aliphatic rings. The molecule has 2 heteroatoms. The SMILES string of the molecule is CCC(CN)Cc1cc(C(C)C)ccc1OC. The van der Waals surface area contributed by atoms with E-state index in [0.717, 1.165) is 25.1 Å². The Hall–Kier alpha value is -1.02. The molecule has 0 heterocycles. The number of benzene rings is 1. The Morgan fingerprint density at radius 1 is 1.29 bits per heavy atom. The molecule has 1 atom stereocenters. The molecular weight excluding hydrogens is 210 g/mol. The summed E-state index contributed by atoms with van der Waals surface area (Å²) < 4.78 is 5.43. The Bertz CT molecular complexity index is 343. The Morgan fingerprint density at radius 3 is 2.47 bits per heavy atom. The highest BCUT2D eigenvalue weighted by molar-refractivity contribution is 5.38. The first-order valence-corrected chi connectivity index (χ1v) is 6.49. The molecule has 0 bridgehead atoms. The Morgan fingerprint density at radius 2 is 2.00 bits per heavy atom. The minimum atomic E-state index is 0.548. The van der Waals surface area contributed by atoms with E-state index < -0.39 is 0 Å². The van der Waals surface area contributed by atoms with E-state index in [-0.39, 0.29) is 0 Å².